The second-order valence-corrected chi connectivity index (χ2v) is 4.51. The first-order chi connectivity index (χ1) is 10.6. The zero-order valence-corrected chi connectivity index (χ0v) is 13.0. The van der Waals surface area contributed by atoms with E-state index in [-0.39, 0.29) is 17.5 Å². The molecule has 0 saturated heterocycles. The fourth-order valence-corrected chi connectivity index (χ4v) is 1.91. The molecular weight excluding hydrogens is 310 g/mol. The van der Waals surface area contributed by atoms with Crippen molar-refractivity contribution >= 4 is 23.2 Å². The van der Waals surface area contributed by atoms with E-state index in [1.165, 1.54) is 33.6 Å². The quantitative estimate of drug-likeness (QED) is 0.909. The lowest BCUT2D eigenvalue weighted by Gasteiger charge is -2.11. The SMILES string of the molecule is COc1ncc(NC(=O)c2cc(Cl)ccc2OC)c(OC)n1. The summed E-state index contributed by atoms with van der Waals surface area (Å²) in [5.41, 5.74) is 0.586. The van der Waals surface area contributed by atoms with Gasteiger partial charge in [-0.25, -0.2) is 4.98 Å². The first-order valence-electron chi connectivity index (χ1n) is 6.19. The van der Waals surface area contributed by atoms with Crippen LogP contribution in [0, 0.1) is 0 Å². The van der Waals surface area contributed by atoms with E-state index in [0.29, 0.717) is 16.5 Å². The molecule has 7 nitrogen and oxygen atoms in total. The molecule has 1 aromatic carbocycles. The first-order valence-corrected chi connectivity index (χ1v) is 6.56. The Morgan fingerprint density at radius 1 is 1.18 bits per heavy atom. The van der Waals surface area contributed by atoms with Gasteiger partial charge < -0.3 is 19.5 Å². The van der Waals surface area contributed by atoms with Crippen molar-refractivity contribution in [2.45, 2.75) is 0 Å². The zero-order valence-electron chi connectivity index (χ0n) is 12.2. The van der Waals surface area contributed by atoms with Gasteiger partial charge in [-0.05, 0) is 18.2 Å². The van der Waals surface area contributed by atoms with E-state index < -0.39 is 5.91 Å². The van der Waals surface area contributed by atoms with Crippen LogP contribution in [0.25, 0.3) is 0 Å². The van der Waals surface area contributed by atoms with Crippen LogP contribution < -0.4 is 19.5 Å². The average Bonchev–Trinajstić information content (AvgIpc) is 2.55. The van der Waals surface area contributed by atoms with Crippen molar-refractivity contribution in [1.29, 1.82) is 0 Å². The molecule has 0 bridgehead atoms. The van der Waals surface area contributed by atoms with E-state index in [1.807, 2.05) is 0 Å². The summed E-state index contributed by atoms with van der Waals surface area (Å²) in [6, 6.07) is 4.88. The van der Waals surface area contributed by atoms with Gasteiger partial charge in [-0.2, -0.15) is 4.98 Å². The molecule has 0 aliphatic rings. The van der Waals surface area contributed by atoms with Crippen LogP contribution in [0.5, 0.6) is 17.6 Å². The summed E-state index contributed by atoms with van der Waals surface area (Å²) in [4.78, 5) is 20.3. The number of amides is 1. The normalized spacial score (nSPS) is 10.0. The zero-order chi connectivity index (χ0) is 16.1. The third-order valence-electron chi connectivity index (χ3n) is 2.76. The van der Waals surface area contributed by atoms with Gasteiger partial charge in [-0.15, -0.1) is 0 Å². The number of nitrogens with zero attached hydrogens (tertiary/aromatic N) is 2. The second kappa shape index (κ2) is 6.95. The van der Waals surface area contributed by atoms with Crippen molar-refractivity contribution in [3.05, 3.63) is 35.0 Å². The molecule has 1 heterocycles. The molecule has 0 unspecified atom stereocenters. The number of nitrogens with one attached hydrogen (secondary N) is 1. The van der Waals surface area contributed by atoms with Gasteiger partial charge in [-0.3, -0.25) is 4.79 Å². The second-order valence-electron chi connectivity index (χ2n) is 4.08. The summed E-state index contributed by atoms with van der Waals surface area (Å²) in [7, 11) is 4.33. The third-order valence-corrected chi connectivity index (χ3v) is 3.00. The minimum atomic E-state index is -0.425. The molecule has 0 atom stereocenters. The van der Waals surface area contributed by atoms with Gasteiger partial charge in [0.1, 0.15) is 11.4 Å². The Kier molecular flexibility index (Phi) is 5.00. The van der Waals surface area contributed by atoms with Crippen LogP contribution in [0.3, 0.4) is 0 Å². The van der Waals surface area contributed by atoms with Crippen molar-refractivity contribution in [1.82, 2.24) is 9.97 Å². The van der Waals surface area contributed by atoms with Crippen LogP contribution in [0.4, 0.5) is 5.69 Å². The molecule has 0 saturated carbocycles. The van der Waals surface area contributed by atoms with E-state index >= 15 is 0 Å². The first kappa shape index (κ1) is 15.8. The summed E-state index contributed by atoms with van der Waals surface area (Å²) >= 11 is 5.92. The predicted octanol–water partition coefficient (Wildman–Crippen LogP) is 2.41. The van der Waals surface area contributed by atoms with Crippen LogP contribution in [0.15, 0.2) is 24.4 Å². The minimum absolute atomic E-state index is 0.134. The molecule has 1 aromatic heterocycles. The molecular formula is C14H14ClN3O4. The topological polar surface area (TPSA) is 82.6 Å². The monoisotopic (exact) mass is 323 g/mol. The van der Waals surface area contributed by atoms with Crippen molar-refractivity contribution in [3.63, 3.8) is 0 Å². The summed E-state index contributed by atoms with van der Waals surface area (Å²) in [6.45, 7) is 0. The standard InChI is InChI=1S/C14H14ClN3O4/c1-20-11-5-4-8(15)6-9(11)12(19)17-10-7-16-14(22-3)18-13(10)21-2/h4-7H,1-3H3,(H,17,19). The number of carbonyl (C=O) groups excluding carboxylic acids is 1. The number of aromatic nitrogens is 2. The van der Waals surface area contributed by atoms with Crippen molar-refractivity contribution in [2.24, 2.45) is 0 Å². The maximum atomic E-state index is 12.4. The van der Waals surface area contributed by atoms with E-state index in [1.54, 1.807) is 12.1 Å². The molecule has 0 radical (unpaired) electrons. The van der Waals surface area contributed by atoms with Gasteiger partial charge in [0.15, 0.2) is 0 Å². The lowest BCUT2D eigenvalue weighted by atomic mass is 10.2. The molecule has 1 amide bonds. The van der Waals surface area contributed by atoms with E-state index in [2.05, 4.69) is 15.3 Å². The number of rotatable bonds is 5. The summed E-state index contributed by atoms with van der Waals surface area (Å²) < 4.78 is 15.2. The van der Waals surface area contributed by atoms with Gasteiger partial charge in [0.25, 0.3) is 5.91 Å². The molecule has 0 spiro atoms. The highest BCUT2D eigenvalue weighted by atomic mass is 35.5. The molecule has 0 aliphatic heterocycles. The van der Waals surface area contributed by atoms with Gasteiger partial charge in [0, 0.05) is 5.02 Å². The molecule has 116 valence electrons. The highest BCUT2D eigenvalue weighted by Crippen LogP contribution is 2.26. The Bertz CT molecular complexity index is 694. The number of benzene rings is 1. The smallest absolute Gasteiger partial charge is 0.319 e. The minimum Gasteiger partial charge on any atom is -0.496 e. The van der Waals surface area contributed by atoms with Crippen molar-refractivity contribution in [2.75, 3.05) is 26.6 Å². The van der Waals surface area contributed by atoms with Crippen LogP contribution >= 0.6 is 11.6 Å². The lowest BCUT2D eigenvalue weighted by Crippen LogP contribution is -2.14. The fourth-order valence-electron chi connectivity index (χ4n) is 1.74. The summed E-state index contributed by atoms with van der Waals surface area (Å²) in [5.74, 6) is 0.155. The van der Waals surface area contributed by atoms with Gasteiger partial charge in [0.05, 0.1) is 33.1 Å². The molecule has 0 aliphatic carbocycles. The van der Waals surface area contributed by atoms with Crippen molar-refractivity contribution < 1.29 is 19.0 Å². The molecule has 2 rings (SSSR count). The van der Waals surface area contributed by atoms with E-state index in [9.17, 15) is 4.79 Å². The van der Waals surface area contributed by atoms with Gasteiger partial charge in [0.2, 0.25) is 5.88 Å². The van der Waals surface area contributed by atoms with Crippen LogP contribution in [-0.2, 0) is 0 Å². The highest BCUT2D eigenvalue weighted by Gasteiger charge is 2.16. The van der Waals surface area contributed by atoms with Crippen LogP contribution in [-0.4, -0.2) is 37.2 Å². The molecule has 1 N–H and O–H groups in total. The molecule has 0 fully saturated rings. The largest absolute Gasteiger partial charge is 0.496 e. The van der Waals surface area contributed by atoms with Crippen molar-refractivity contribution in [3.8, 4) is 17.6 Å². The van der Waals surface area contributed by atoms with E-state index in [4.69, 9.17) is 25.8 Å². The Morgan fingerprint density at radius 3 is 2.59 bits per heavy atom. The molecule has 2 aromatic rings. The summed E-state index contributed by atoms with van der Waals surface area (Å²) in [5, 5.41) is 3.07. The van der Waals surface area contributed by atoms with Crippen LogP contribution in [0.1, 0.15) is 10.4 Å². The molecule has 8 heteroatoms. The van der Waals surface area contributed by atoms with Gasteiger partial charge >= 0.3 is 6.01 Å². The lowest BCUT2D eigenvalue weighted by molar-refractivity contribution is 0.102. The van der Waals surface area contributed by atoms with E-state index in [0.717, 1.165) is 0 Å². The van der Waals surface area contributed by atoms with Crippen LogP contribution in [0.2, 0.25) is 5.02 Å². The Hall–Kier alpha value is -2.54. The maximum Gasteiger partial charge on any atom is 0.319 e. The number of halogens is 1. The Balaban J connectivity index is 2.31. The maximum absolute atomic E-state index is 12.4. The number of hydrogen-bond donors (Lipinski definition) is 1. The predicted molar refractivity (Wildman–Crippen MR) is 81.1 cm³/mol. The average molecular weight is 324 g/mol. The molecule has 22 heavy (non-hydrogen) atoms. The Morgan fingerprint density at radius 2 is 1.95 bits per heavy atom. The fraction of sp³-hybridized carbons (Fsp3) is 0.214. The number of carbonyl (C=O) groups is 1. The van der Waals surface area contributed by atoms with Gasteiger partial charge in [-0.1, -0.05) is 11.6 Å². The number of methoxy groups -OCH3 is 3. The highest BCUT2D eigenvalue weighted by molar-refractivity contribution is 6.31. The third kappa shape index (κ3) is 3.37. The summed E-state index contributed by atoms with van der Waals surface area (Å²) in [6.07, 6.45) is 1.39. The number of hydrogen-bond acceptors (Lipinski definition) is 6. The number of anilines is 1. The Labute approximate surface area is 132 Å². The number of ether oxygens (including phenoxy) is 3.